The minimum absolute atomic E-state index is 0.0398. The number of hydrogen-bond donors (Lipinski definition) is 0. The molecule has 3 fully saturated rings. The van der Waals surface area contributed by atoms with E-state index < -0.39 is 34.0 Å². The van der Waals surface area contributed by atoms with Crippen LogP contribution in [-0.2, 0) is 29.5 Å². The second kappa shape index (κ2) is 8.54. The number of carbonyl (C=O) groups is 2. The Hall–Kier alpha value is -1.48. The third-order valence-corrected chi connectivity index (χ3v) is 8.68. The fraction of sp³-hybridized carbons (Fsp3) is 0.852. The number of carbonyl (C=O) groups excluding carboxylic acids is 2. The molecule has 2 aliphatic carbocycles. The van der Waals surface area contributed by atoms with Gasteiger partial charge in [0.2, 0.25) is 0 Å². The third-order valence-electron chi connectivity index (χ3n) is 8.68. The minimum Gasteiger partial charge on any atom is -0.462 e. The number of hydrogen-bond acceptors (Lipinski definition) is 6. The van der Waals surface area contributed by atoms with Gasteiger partial charge in [-0.25, -0.2) is 0 Å². The molecule has 0 spiro atoms. The quantitative estimate of drug-likeness (QED) is 0.432. The molecule has 0 aromatic carbocycles. The van der Waals surface area contributed by atoms with Crippen LogP contribution in [0.1, 0.15) is 87.5 Å². The normalized spacial score (nSPS) is 36.3. The highest BCUT2D eigenvalue weighted by atomic mass is 16.6. The van der Waals surface area contributed by atoms with Crippen molar-refractivity contribution in [3.05, 3.63) is 12.2 Å². The van der Waals surface area contributed by atoms with Crippen molar-refractivity contribution in [1.29, 1.82) is 0 Å². The van der Waals surface area contributed by atoms with Crippen molar-refractivity contribution >= 4 is 11.9 Å². The molecule has 0 N–H and O–H groups in total. The van der Waals surface area contributed by atoms with E-state index in [-0.39, 0.29) is 36.0 Å². The van der Waals surface area contributed by atoms with Crippen LogP contribution in [0.2, 0.25) is 0 Å². The lowest BCUT2D eigenvalue weighted by Gasteiger charge is -2.49. The van der Waals surface area contributed by atoms with Gasteiger partial charge in [0.1, 0.15) is 12.2 Å². The molecule has 4 aliphatic rings. The van der Waals surface area contributed by atoms with Gasteiger partial charge >= 0.3 is 11.9 Å². The summed E-state index contributed by atoms with van der Waals surface area (Å²) in [7, 11) is 0. The molecule has 1 saturated carbocycles. The number of esters is 2. The van der Waals surface area contributed by atoms with E-state index in [1.54, 1.807) is 0 Å². The van der Waals surface area contributed by atoms with E-state index in [1.807, 2.05) is 67.5 Å². The molecule has 4 atom stereocenters. The monoisotopic (exact) mass is 490 g/mol. The van der Waals surface area contributed by atoms with Crippen LogP contribution in [0.5, 0.6) is 0 Å². The van der Waals surface area contributed by atoms with Gasteiger partial charge in [-0.1, -0.05) is 12.2 Å². The molecule has 4 rings (SSSR count). The highest BCUT2D eigenvalue weighted by molar-refractivity contribution is 5.84. The first kappa shape index (κ1) is 26.6. The lowest BCUT2D eigenvalue weighted by atomic mass is 9.79. The van der Waals surface area contributed by atoms with E-state index in [0.29, 0.717) is 25.7 Å². The van der Waals surface area contributed by atoms with E-state index in [9.17, 15) is 20.0 Å². The van der Waals surface area contributed by atoms with Crippen LogP contribution >= 0.6 is 0 Å². The van der Waals surface area contributed by atoms with E-state index in [2.05, 4.69) is 0 Å². The van der Waals surface area contributed by atoms with Crippen LogP contribution in [0.4, 0.5) is 0 Å². The van der Waals surface area contributed by atoms with Crippen molar-refractivity contribution < 1.29 is 29.5 Å². The van der Waals surface area contributed by atoms with Crippen molar-refractivity contribution in [3.63, 3.8) is 0 Å². The topological polar surface area (TPSA) is 98.9 Å². The largest absolute Gasteiger partial charge is 0.462 e. The molecule has 8 heteroatoms. The summed E-state index contributed by atoms with van der Waals surface area (Å²) in [6, 6.07) is 0. The van der Waals surface area contributed by atoms with Gasteiger partial charge in [-0.15, -0.1) is 20.5 Å². The van der Waals surface area contributed by atoms with Gasteiger partial charge in [0.05, 0.1) is 11.8 Å². The molecule has 2 saturated heterocycles. The molecule has 2 aliphatic heterocycles. The van der Waals surface area contributed by atoms with Crippen molar-refractivity contribution in [2.45, 2.75) is 122 Å². The van der Waals surface area contributed by atoms with E-state index in [1.165, 1.54) is 0 Å². The zero-order chi connectivity index (χ0) is 26.1. The summed E-state index contributed by atoms with van der Waals surface area (Å²) in [6.45, 7) is 15.0. The molecular formula is C27H42N2O6. The van der Waals surface area contributed by atoms with Crippen LogP contribution in [-0.4, -0.2) is 56.4 Å². The average Bonchev–Trinajstić information content (AvgIpc) is 3.31. The average molecular weight is 491 g/mol. The molecule has 2 radical (unpaired) electrons. The Morgan fingerprint density at radius 1 is 0.629 bits per heavy atom. The third kappa shape index (κ3) is 4.79. The molecule has 0 amide bonds. The Kier molecular flexibility index (Phi) is 6.48. The summed E-state index contributed by atoms with van der Waals surface area (Å²) < 4.78 is 12.0. The number of ether oxygens (including phenoxy) is 2. The van der Waals surface area contributed by atoms with Crippen molar-refractivity contribution in [1.82, 2.24) is 10.1 Å². The Labute approximate surface area is 209 Å². The molecule has 35 heavy (non-hydrogen) atoms. The van der Waals surface area contributed by atoms with Crippen LogP contribution in [0, 0.1) is 23.7 Å². The van der Waals surface area contributed by atoms with E-state index in [4.69, 9.17) is 9.47 Å². The van der Waals surface area contributed by atoms with Crippen molar-refractivity contribution in [3.8, 4) is 0 Å². The van der Waals surface area contributed by atoms with Crippen LogP contribution in [0.15, 0.2) is 12.2 Å². The van der Waals surface area contributed by atoms with Gasteiger partial charge in [-0.05, 0) is 73.6 Å². The highest BCUT2D eigenvalue weighted by Crippen LogP contribution is 2.50. The van der Waals surface area contributed by atoms with Crippen molar-refractivity contribution in [2.24, 2.45) is 23.7 Å². The number of nitrogens with zero attached hydrogens (tertiary/aromatic N) is 2. The van der Waals surface area contributed by atoms with Gasteiger partial charge < -0.3 is 9.47 Å². The van der Waals surface area contributed by atoms with Gasteiger partial charge in [0.25, 0.3) is 0 Å². The number of fused-ring (bicyclic) bond motifs is 2. The zero-order valence-corrected chi connectivity index (χ0v) is 22.5. The Morgan fingerprint density at radius 2 is 0.914 bits per heavy atom. The molecule has 2 bridgehead atoms. The maximum Gasteiger partial charge on any atom is 0.310 e. The summed E-state index contributed by atoms with van der Waals surface area (Å²) in [5.74, 6) is -1.96. The maximum atomic E-state index is 13.5. The molecular weight excluding hydrogens is 448 g/mol. The van der Waals surface area contributed by atoms with Gasteiger partial charge in [-0.2, -0.15) is 0 Å². The van der Waals surface area contributed by atoms with Crippen LogP contribution in [0.3, 0.4) is 0 Å². The summed E-state index contributed by atoms with van der Waals surface area (Å²) in [6.07, 6.45) is 5.86. The molecule has 0 aromatic heterocycles. The van der Waals surface area contributed by atoms with E-state index in [0.717, 1.165) is 16.5 Å². The summed E-state index contributed by atoms with van der Waals surface area (Å²) in [5, 5.41) is 27.6. The zero-order valence-electron chi connectivity index (χ0n) is 22.5. The van der Waals surface area contributed by atoms with Gasteiger partial charge in [0.15, 0.2) is 0 Å². The lowest BCUT2D eigenvalue weighted by molar-refractivity contribution is -0.300. The predicted octanol–water partition coefficient (Wildman–Crippen LogP) is 4.25. The number of piperidine rings is 2. The summed E-state index contributed by atoms with van der Waals surface area (Å²) in [4.78, 5) is 26.9. The molecule has 2 heterocycles. The Bertz CT molecular complexity index is 788. The molecule has 8 nitrogen and oxygen atoms in total. The van der Waals surface area contributed by atoms with Crippen molar-refractivity contribution in [2.75, 3.05) is 0 Å². The second-order valence-corrected chi connectivity index (χ2v) is 13.8. The fourth-order valence-electron chi connectivity index (χ4n) is 7.46. The maximum absolute atomic E-state index is 13.5. The highest BCUT2D eigenvalue weighted by Gasteiger charge is 2.56. The second-order valence-electron chi connectivity index (χ2n) is 13.8. The predicted molar refractivity (Wildman–Crippen MR) is 127 cm³/mol. The van der Waals surface area contributed by atoms with Crippen LogP contribution in [0.25, 0.3) is 0 Å². The minimum atomic E-state index is -0.643. The number of rotatable bonds is 4. The molecule has 196 valence electrons. The Balaban J connectivity index is 1.47. The molecule has 0 aromatic rings. The number of allylic oxidation sites excluding steroid dienone is 2. The Morgan fingerprint density at radius 3 is 1.20 bits per heavy atom. The first-order chi connectivity index (χ1) is 15.9. The smallest absolute Gasteiger partial charge is 0.310 e. The SMILES string of the molecule is CC1(C)CC(OC(=O)[C@@H]2[C@H](C(=O)OC3CC(C)(C)N([O])C(C)(C)C3)[C@@H]3C=C[C@H]2C3)CC(C)(C)N1[O]. The van der Waals surface area contributed by atoms with Gasteiger partial charge in [0, 0.05) is 47.8 Å². The number of hydroxylamine groups is 4. The lowest BCUT2D eigenvalue weighted by Crippen LogP contribution is -2.60. The first-order valence-corrected chi connectivity index (χ1v) is 13.0. The van der Waals surface area contributed by atoms with E-state index >= 15 is 0 Å². The summed E-state index contributed by atoms with van der Waals surface area (Å²) >= 11 is 0. The molecule has 0 unspecified atom stereocenters. The fourth-order valence-corrected chi connectivity index (χ4v) is 7.46. The first-order valence-electron chi connectivity index (χ1n) is 13.0. The summed E-state index contributed by atoms with van der Waals surface area (Å²) in [5.41, 5.74) is -2.57. The van der Waals surface area contributed by atoms with Crippen LogP contribution < -0.4 is 0 Å². The van der Waals surface area contributed by atoms with Gasteiger partial charge in [-0.3, -0.25) is 9.59 Å². The standard InChI is InChI=1S/C27H42N2O6/c1-24(2)12-18(13-25(3,4)28(24)32)34-22(30)20-16-9-10-17(11-16)21(20)23(31)35-19-14-26(5,6)29(33)27(7,8)15-19/h9-10,16-21H,11-15H2,1-8H3/t16-,17+,20-,21+.